The van der Waals surface area contributed by atoms with Gasteiger partial charge < -0.3 is 10.5 Å². The van der Waals surface area contributed by atoms with Crippen LogP contribution < -0.4 is 10.0 Å². The molecule has 2 N–H and O–H groups in total. The number of primary amides is 1. The molecule has 1 aliphatic heterocycles. The largest absolute Gasteiger partial charge is 0.452 e. The van der Waals surface area contributed by atoms with Crippen LogP contribution in [0.3, 0.4) is 0 Å². The van der Waals surface area contributed by atoms with Crippen LogP contribution in [0.5, 0.6) is 0 Å². The molecule has 0 aromatic heterocycles. The summed E-state index contributed by atoms with van der Waals surface area (Å²) in [5.41, 5.74) is 5.47. The smallest absolute Gasteiger partial charge is 0.338 e. The second kappa shape index (κ2) is 5.49. The lowest BCUT2D eigenvalue weighted by molar-refractivity contribution is -0.121. The summed E-state index contributed by atoms with van der Waals surface area (Å²) in [6.07, 6.45) is 0.554. The molecule has 1 fully saturated rings. The first-order chi connectivity index (χ1) is 9.40. The van der Waals surface area contributed by atoms with Gasteiger partial charge in [-0.3, -0.25) is 9.10 Å². The number of esters is 1. The van der Waals surface area contributed by atoms with Crippen molar-refractivity contribution in [2.24, 2.45) is 5.73 Å². The number of ether oxygens (including phenoxy) is 1. The van der Waals surface area contributed by atoms with Crippen LogP contribution in [0.4, 0.5) is 5.69 Å². The van der Waals surface area contributed by atoms with Crippen LogP contribution >= 0.6 is 0 Å². The third-order valence-corrected chi connectivity index (χ3v) is 4.68. The van der Waals surface area contributed by atoms with Crippen molar-refractivity contribution in [3.63, 3.8) is 0 Å². The normalized spacial score (nSPS) is 16.9. The Morgan fingerprint density at radius 3 is 2.70 bits per heavy atom. The van der Waals surface area contributed by atoms with Gasteiger partial charge in [0, 0.05) is 6.54 Å². The second-order valence-corrected chi connectivity index (χ2v) is 6.35. The van der Waals surface area contributed by atoms with Crippen LogP contribution in [-0.4, -0.2) is 39.2 Å². The maximum Gasteiger partial charge on any atom is 0.338 e. The average molecular weight is 298 g/mol. The minimum absolute atomic E-state index is 0.101. The summed E-state index contributed by atoms with van der Waals surface area (Å²) in [7, 11) is -3.30. The molecule has 0 radical (unpaired) electrons. The number of carbonyl (C=O) groups excluding carboxylic acids is 2. The lowest BCUT2D eigenvalue weighted by Gasteiger charge is -2.17. The zero-order chi connectivity index (χ0) is 14.8. The van der Waals surface area contributed by atoms with Crippen LogP contribution in [-0.2, 0) is 19.6 Å². The molecule has 1 saturated heterocycles. The number of hydrogen-bond donors (Lipinski definition) is 1. The molecular weight excluding hydrogens is 284 g/mol. The second-order valence-electron chi connectivity index (χ2n) is 4.33. The van der Waals surface area contributed by atoms with Crippen molar-refractivity contribution in [2.45, 2.75) is 6.42 Å². The summed E-state index contributed by atoms with van der Waals surface area (Å²) in [6, 6.07) is 6.07. The maximum absolute atomic E-state index is 11.8. The number of benzene rings is 1. The highest BCUT2D eigenvalue weighted by molar-refractivity contribution is 7.93. The molecule has 8 heteroatoms. The predicted molar refractivity (Wildman–Crippen MR) is 71.7 cm³/mol. The number of nitrogens with zero attached hydrogens (tertiary/aromatic N) is 1. The van der Waals surface area contributed by atoms with Crippen molar-refractivity contribution in [3.05, 3.63) is 29.8 Å². The molecule has 2 rings (SSSR count). The Morgan fingerprint density at radius 1 is 1.35 bits per heavy atom. The minimum Gasteiger partial charge on any atom is -0.452 e. The quantitative estimate of drug-likeness (QED) is 0.779. The van der Waals surface area contributed by atoms with Crippen molar-refractivity contribution in [1.29, 1.82) is 0 Å². The summed E-state index contributed by atoms with van der Waals surface area (Å²) in [4.78, 5) is 22.2. The van der Waals surface area contributed by atoms with E-state index < -0.39 is 28.5 Å². The van der Waals surface area contributed by atoms with Crippen molar-refractivity contribution in [2.75, 3.05) is 23.2 Å². The van der Waals surface area contributed by atoms with E-state index in [2.05, 4.69) is 4.74 Å². The van der Waals surface area contributed by atoms with E-state index in [4.69, 9.17) is 5.73 Å². The zero-order valence-corrected chi connectivity index (χ0v) is 11.4. The summed E-state index contributed by atoms with van der Waals surface area (Å²) in [6.45, 7) is -0.118. The third kappa shape index (κ3) is 3.08. The Labute approximate surface area is 116 Å². The highest BCUT2D eigenvalue weighted by Gasteiger charge is 2.28. The molecule has 0 bridgehead atoms. The van der Waals surface area contributed by atoms with Crippen molar-refractivity contribution < 1.29 is 22.7 Å². The molecule has 108 valence electrons. The van der Waals surface area contributed by atoms with E-state index in [-0.39, 0.29) is 11.3 Å². The zero-order valence-electron chi connectivity index (χ0n) is 10.6. The number of hydrogen-bond acceptors (Lipinski definition) is 5. The third-order valence-electron chi connectivity index (χ3n) is 2.81. The summed E-state index contributed by atoms with van der Waals surface area (Å²) < 4.78 is 29.6. The van der Waals surface area contributed by atoms with Crippen molar-refractivity contribution in [1.82, 2.24) is 0 Å². The molecular formula is C12H14N2O5S. The average Bonchev–Trinajstić information content (AvgIpc) is 2.75. The van der Waals surface area contributed by atoms with Gasteiger partial charge in [0.25, 0.3) is 5.91 Å². The number of sulfonamides is 1. The van der Waals surface area contributed by atoms with E-state index in [1.807, 2.05) is 0 Å². The van der Waals surface area contributed by atoms with Gasteiger partial charge in [0.1, 0.15) is 0 Å². The van der Waals surface area contributed by atoms with Gasteiger partial charge >= 0.3 is 5.97 Å². The molecule has 20 heavy (non-hydrogen) atoms. The fraction of sp³-hybridized carbons (Fsp3) is 0.333. The van der Waals surface area contributed by atoms with E-state index in [0.717, 1.165) is 0 Å². The SMILES string of the molecule is NC(=O)COC(=O)c1cccc(N2CCCS2(=O)=O)c1. The Bertz CT molecular complexity index is 641. The van der Waals surface area contributed by atoms with Crippen molar-refractivity contribution in [3.8, 4) is 0 Å². The lowest BCUT2D eigenvalue weighted by Crippen LogP contribution is -2.25. The van der Waals surface area contributed by atoms with Crippen molar-refractivity contribution >= 4 is 27.6 Å². The molecule has 1 aliphatic rings. The number of amides is 1. The molecule has 0 saturated carbocycles. The van der Waals surface area contributed by atoms with Crippen LogP contribution in [0.2, 0.25) is 0 Å². The summed E-state index contributed by atoms with van der Waals surface area (Å²) in [5, 5.41) is 0. The molecule has 1 amide bonds. The predicted octanol–water partition coefficient (Wildman–Crippen LogP) is -0.131. The highest BCUT2D eigenvalue weighted by atomic mass is 32.2. The summed E-state index contributed by atoms with van der Waals surface area (Å²) >= 11 is 0. The van der Waals surface area contributed by atoms with E-state index in [1.165, 1.54) is 16.4 Å². The Balaban J connectivity index is 2.20. The van der Waals surface area contributed by atoms with Crippen LogP contribution in [0.1, 0.15) is 16.8 Å². The van der Waals surface area contributed by atoms with Gasteiger partial charge in [-0.15, -0.1) is 0 Å². The molecule has 1 heterocycles. The summed E-state index contributed by atoms with van der Waals surface area (Å²) in [5.74, 6) is -1.37. The van der Waals surface area contributed by atoms with E-state index in [0.29, 0.717) is 18.7 Å². The molecule has 1 aromatic rings. The van der Waals surface area contributed by atoms with Gasteiger partial charge in [0.2, 0.25) is 10.0 Å². The maximum atomic E-state index is 11.8. The molecule has 0 atom stereocenters. The monoisotopic (exact) mass is 298 g/mol. The van der Waals surface area contributed by atoms with Gasteiger partial charge in [0.05, 0.1) is 17.0 Å². The van der Waals surface area contributed by atoms with Crippen LogP contribution in [0, 0.1) is 0 Å². The molecule has 7 nitrogen and oxygen atoms in total. The van der Waals surface area contributed by atoms with E-state index in [9.17, 15) is 18.0 Å². The standard InChI is InChI=1S/C12H14N2O5S/c13-11(15)8-19-12(16)9-3-1-4-10(7-9)14-5-2-6-20(14,17)18/h1,3-4,7H,2,5-6,8H2,(H2,13,15). The van der Waals surface area contributed by atoms with Crippen LogP contribution in [0.15, 0.2) is 24.3 Å². The number of rotatable bonds is 4. The Morgan fingerprint density at radius 2 is 2.10 bits per heavy atom. The van der Waals surface area contributed by atoms with Gasteiger partial charge in [-0.25, -0.2) is 13.2 Å². The topological polar surface area (TPSA) is 107 Å². The lowest BCUT2D eigenvalue weighted by atomic mass is 10.2. The first kappa shape index (κ1) is 14.3. The molecule has 0 aliphatic carbocycles. The van der Waals surface area contributed by atoms with E-state index in [1.54, 1.807) is 12.1 Å². The minimum atomic E-state index is -3.30. The highest BCUT2D eigenvalue weighted by Crippen LogP contribution is 2.24. The van der Waals surface area contributed by atoms with Gasteiger partial charge in [-0.05, 0) is 24.6 Å². The number of anilines is 1. The molecule has 0 spiro atoms. The van der Waals surface area contributed by atoms with Crippen LogP contribution in [0.25, 0.3) is 0 Å². The Kier molecular flexibility index (Phi) is 3.93. The number of nitrogens with two attached hydrogens (primary N) is 1. The van der Waals surface area contributed by atoms with Gasteiger partial charge in [-0.1, -0.05) is 6.07 Å². The first-order valence-corrected chi connectivity index (χ1v) is 7.57. The molecule has 1 aromatic carbocycles. The number of carbonyl (C=O) groups is 2. The fourth-order valence-corrected chi connectivity index (χ4v) is 3.49. The van der Waals surface area contributed by atoms with Gasteiger partial charge in [0.15, 0.2) is 6.61 Å². The van der Waals surface area contributed by atoms with Gasteiger partial charge in [-0.2, -0.15) is 0 Å². The fourth-order valence-electron chi connectivity index (χ4n) is 1.94. The molecule has 0 unspecified atom stereocenters. The Hall–Kier alpha value is -2.09. The van der Waals surface area contributed by atoms with E-state index >= 15 is 0 Å². The first-order valence-electron chi connectivity index (χ1n) is 5.96.